The van der Waals surface area contributed by atoms with Crippen molar-refractivity contribution in [2.24, 2.45) is 10.9 Å². The molecule has 0 aromatic carbocycles. The Balaban J connectivity index is 1.65. The summed E-state index contributed by atoms with van der Waals surface area (Å²) >= 11 is 0. The predicted molar refractivity (Wildman–Crippen MR) is 102 cm³/mol. The van der Waals surface area contributed by atoms with E-state index in [9.17, 15) is 0 Å². The summed E-state index contributed by atoms with van der Waals surface area (Å²) < 4.78 is 5.27. The van der Waals surface area contributed by atoms with Crippen LogP contribution in [0.1, 0.15) is 83.3 Å². The summed E-state index contributed by atoms with van der Waals surface area (Å²) in [5, 5.41) is 10.8. The lowest BCUT2D eigenvalue weighted by atomic mass is 9.85. The van der Waals surface area contributed by atoms with Crippen molar-refractivity contribution >= 4 is 5.96 Å². The van der Waals surface area contributed by atoms with Gasteiger partial charge in [-0.1, -0.05) is 51.1 Å². The summed E-state index contributed by atoms with van der Waals surface area (Å²) in [5.41, 5.74) is 0. The van der Waals surface area contributed by atoms with Gasteiger partial charge in [0.1, 0.15) is 0 Å². The van der Waals surface area contributed by atoms with Gasteiger partial charge in [-0.2, -0.15) is 4.98 Å². The van der Waals surface area contributed by atoms with E-state index in [0.717, 1.165) is 24.2 Å². The largest absolute Gasteiger partial charge is 0.356 e. The first-order valence-electron chi connectivity index (χ1n) is 9.88. The molecule has 1 fully saturated rings. The molecule has 0 bridgehead atoms. The number of nitrogens with one attached hydrogen (secondary N) is 2. The third kappa shape index (κ3) is 7.04. The van der Waals surface area contributed by atoms with Gasteiger partial charge in [0.25, 0.3) is 0 Å². The third-order valence-electron chi connectivity index (χ3n) is 4.97. The molecule has 0 saturated heterocycles. The zero-order chi connectivity index (χ0) is 18.1. The van der Waals surface area contributed by atoms with E-state index in [0.29, 0.717) is 24.3 Å². The van der Waals surface area contributed by atoms with E-state index in [2.05, 4.69) is 46.5 Å². The van der Waals surface area contributed by atoms with Gasteiger partial charge in [0.15, 0.2) is 11.8 Å². The van der Waals surface area contributed by atoms with Crippen LogP contribution in [0.2, 0.25) is 0 Å². The molecule has 2 N–H and O–H groups in total. The number of guanidine groups is 1. The molecule has 25 heavy (non-hydrogen) atoms. The molecular weight excluding hydrogens is 314 g/mol. The Morgan fingerprint density at radius 1 is 1.24 bits per heavy atom. The van der Waals surface area contributed by atoms with Crippen LogP contribution in [0.25, 0.3) is 0 Å². The van der Waals surface area contributed by atoms with E-state index in [1.807, 2.05) is 7.05 Å². The van der Waals surface area contributed by atoms with Crippen molar-refractivity contribution in [1.29, 1.82) is 0 Å². The van der Waals surface area contributed by atoms with Crippen LogP contribution in [-0.2, 0) is 6.42 Å². The normalized spacial score (nSPS) is 17.7. The van der Waals surface area contributed by atoms with Crippen molar-refractivity contribution in [2.45, 2.75) is 84.1 Å². The van der Waals surface area contributed by atoms with E-state index >= 15 is 0 Å². The van der Waals surface area contributed by atoms with Gasteiger partial charge >= 0.3 is 0 Å². The lowest BCUT2D eigenvalue weighted by Gasteiger charge is -2.24. The van der Waals surface area contributed by atoms with Crippen LogP contribution < -0.4 is 10.6 Å². The zero-order valence-corrected chi connectivity index (χ0v) is 16.3. The number of hydrogen-bond donors (Lipinski definition) is 2. The second-order valence-corrected chi connectivity index (χ2v) is 7.58. The number of aromatic nitrogens is 2. The molecule has 2 rings (SSSR count). The molecule has 0 spiro atoms. The van der Waals surface area contributed by atoms with E-state index < -0.39 is 0 Å². The number of aliphatic imine (C=N–C) groups is 1. The maximum absolute atomic E-state index is 5.27. The fourth-order valence-corrected chi connectivity index (χ4v) is 3.35. The lowest BCUT2D eigenvalue weighted by molar-refractivity contribution is 0.322. The van der Waals surface area contributed by atoms with Crippen molar-refractivity contribution in [3.63, 3.8) is 0 Å². The van der Waals surface area contributed by atoms with E-state index in [1.54, 1.807) is 0 Å². The third-order valence-corrected chi connectivity index (χ3v) is 4.97. The molecule has 0 aliphatic heterocycles. The fraction of sp³-hybridized carbons (Fsp3) is 0.842. The Morgan fingerprint density at radius 2 is 2.00 bits per heavy atom. The Kier molecular flexibility index (Phi) is 8.22. The number of rotatable bonds is 8. The summed E-state index contributed by atoms with van der Waals surface area (Å²) in [6.07, 6.45) is 10.3. The predicted octanol–water partition coefficient (Wildman–Crippen LogP) is 3.65. The highest BCUT2D eigenvalue weighted by Gasteiger charge is 2.15. The van der Waals surface area contributed by atoms with Crippen LogP contribution in [0.5, 0.6) is 0 Å². The minimum absolute atomic E-state index is 0.296. The molecule has 142 valence electrons. The minimum atomic E-state index is 0.296. The van der Waals surface area contributed by atoms with Crippen molar-refractivity contribution in [3.05, 3.63) is 11.7 Å². The molecular formula is C19H35N5O. The standard InChI is InChI=1S/C19H35N5O/c1-14(2)18-23-17(25-24-18)12-13-21-19(20-4)22-15(3)10-11-16-8-6-5-7-9-16/h14-16H,5-13H2,1-4H3,(H2,20,21,22). The Labute approximate surface area is 152 Å². The van der Waals surface area contributed by atoms with Gasteiger partial charge in [0.2, 0.25) is 5.89 Å². The van der Waals surface area contributed by atoms with Crippen LogP contribution in [0.15, 0.2) is 9.52 Å². The Bertz CT molecular complexity index is 520. The topological polar surface area (TPSA) is 75.3 Å². The van der Waals surface area contributed by atoms with Crippen LogP contribution in [0, 0.1) is 5.92 Å². The quantitative estimate of drug-likeness (QED) is 0.553. The summed E-state index contributed by atoms with van der Waals surface area (Å²) in [4.78, 5) is 8.71. The number of nitrogens with zero attached hydrogens (tertiary/aromatic N) is 3. The van der Waals surface area contributed by atoms with Gasteiger partial charge < -0.3 is 15.2 Å². The maximum atomic E-state index is 5.27. The highest BCUT2D eigenvalue weighted by molar-refractivity contribution is 5.79. The summed E-state index contributed by atoms with van der Waals surface area (Å²) in [6, 6.07) is 0.434. The van der Waals surface area contributed by atoms with Gasteiger partial charge in [-0.25, -0.2) is 0 Å². The van der Waals surface area contributed by atoms with Crippen molar-refractivity contribution in [3.8, 4) is 0 Å². The van der Waals surface area contributed by atoms with Crippen molar-refractivity contribution in [1.82, 2.24) is 20.8 Å². The average Bonchev–Trinajstić information content (AvgIpc) is 3.09. The van der Waals surface area contributed by atoms with Gasteiger partial charge in [-0.15, -0.1) is 0 Å². The molecule has 1 aromatic rings. The van der Waals surface area contributed by atoms with Gasteiger partial charge in [0, 0.05) is 32.0 Å². The first-order valence-corrected chi connectivity index (χ1v) is 9.88. The van der Waals surface area contributed by atoms with Gasteiger partial charge in [-0.3, -0.25) is 4.99 Å². The SMILES string of the molecule is CN=C(NCCc1nc(C(C)C)no1)NC(C)CCC1CCCCC1. The molecule has 1 heterocycles. The smallest absolute Gasteiger partial charge is 0.228 e. The van der Waals surface area contributed by atoms with Crippen LogP contribution in [0.3, 0.4) is 0 Å². The molecule has 1 unspecified atom stereocenters. The van der Waals surface area contributed by atoms with Crippen LogP contribution in [0.4, 0.5) is 0 Å². The molecule has 0 amide bonds. The highest BCUT2D eigenvalue weighted by atomic mass is 16.5. The summed E-state index contributed by atoms with van der Waals surface area (Å²) in [6.45, 7) is 7.10. The monoisotopic (exact) mass is 349 g/mol. The molecule has 1 aromatic heterocycles. The fourth-order valence-electron chi connectivity index (χ4n) is 3.35. The average molecular weight is 350 g/mol. The molecule has 6 nitrogen and oxygen atoms in total. The summed E-state index contributed by atoms with van der Waals surface area (Å²) in [5.74, 6) is 3.52. The molecule has 1 atom stereocenters. The summed E-state index contributed by atoms with van der Waals surface area (Å²) in [7, 11) is 1.81. The van der Waals surface area contributed by atoms with Crippen LogP contribution in [-0.4, -0.2) is 35.7 Å². The Hall–Kier alpha value is -1.59. The molecule has 1 saturated carbocycles. The highest BCUT2D eigenvalue weighted by Crippen LogP contribution is 2.27. The van der Waals surface area contributed by atoms with Crippen molar-refractivity contribution < 1.29 is 4.52 Å². The van der Waals surface area contributed by atoms with E-state index in [4.69, 9.17) is 4.52 Å². The second kappa shape index (κ2) is 10.4. The van der Waals surface area contributed by atoms with Crippen molar-refractivity contribution in [2.75, 3.05) is 13.6 Å². The molecule has 0 radical (unpaired) electrons. The minimum Gasteiger partial charge on any atom is -0.356 e. The van der Waals surface area contributed by atoms with Gasteiger partial charge in [0.05, 0.1) is 0 Å². The zero-order valence-electron chi connectivity index (χ0n) is 16.3. The molecule has 6 heteroatoms. The molecule has 1 aliphatic rings. The van der Waals surface area contributed by atoms with E-state index in [-0.39, 0.29) is 0 Å². The first kappa shape index (κ1) is 19.7. The first-order chi connectivity index (χ1) is 12.1. The lowest BCUT2D eigenvalue weighted by Crippen LogP contribution is -2.43. The number of hydrogen-bond acceptors (Lipinski definition) is 4. The van der Waals surface area contributed by atoms with Gasteiger partial charge in [-0.05, 0) is 25.7 Å². The Morgan fingerprint density at radius 3 is 2.64 bits per heavy atom. The maximum Gasteiger partial charge on any atom is 0.228 e. The van der Waals surface area contributed by atoms with E-state index in [1.165, 1.54) is 44.9 Å². The molecule has 1 aliphatic carbocycles. The van der Waals surface area contributed by atoms with Crippen LogP contribution >= 0.6 is 0 Å². The second-order valence-electron chi connectivity index (χ2n) is 7.58.